The maximum absolute atomic E-state index is 12.2. The molecule has 0 unspecified atom stereocenters. The Labute approximate surface area is 147 Å². The standard InChI is InChI=1S/C17H20N2O5S/c1-23-15-9-8-13(16(10-15)24-2)12-25(21,22)18-11-17(20)19-14-6-4-3-5-7-14/h3-10,18H,11-12H2,1-2H3,(H,19,20). The van der Waals surface area contributed by atoms with Gasteiger partial charge >= 0.3 is 0 Å². The summed E-state index contributed by atoms with van der Waals surface area (Å²) in [6, 6.07) is 13.7. The molecule has 1 amide bonds. The molecule has 8 heteroatoms. The van der Waals surface area contributed by atoms with Gasteiger partial charge in [-0.2, -0.15) is 0 Å². The number of nitrogens with one attached hydrogen (secondary N) is 2. The van der Waals surface area contributed by atoms with E-state index in [9.17, 15) is 13.2 Å². The predicted octanol–water partition coefficient (Wildman–Crippen LogP) is 1.76. The largest absolute Gasteiger partial charge is 0.497 e. The highest BCUT2D eigenvalue weighted by atomic mass is 32.2. The molecule has 0 spiro atoms. The smallest absolute Gasteiger partial charge is 0.239 e. The molecule has 2 aromatic rings. The van der Waals surface area contributed by atoms with Crippen molar-refractivity contribution in [1.29, 1.82) is 0 Å². The molecule has 0 saturated heterocycles. The number of hydrogen-bond donors (Lipinski definition) is 2. The Morgan fingerprint density at radius 2 is 1.76 bits per heavy atom. The van der Waals surface area contributed by atoms with Crippen molar-refractivity contribution < 1.29 is 22.7 Å². The molecule has 0 saturated carbocycles. The fraction of sp³-hybridized carbons (Fsp3) is 0.235. The number of anilines is 1. The average molecular weight is 364 g/mol. The van der Waals surface area contributed by atoms with Gasteiger partial charge in [0.2, 0.25) is 15.9 Å². The summed E-state index contributed by atoms with van der Waals surface area (Å²) in [6.07, 6.45) is 0. The quantitative estimate of drug-likeness (QED) is 0.744. The van der Waals surface area contributed by atoms with Crippen LogP contribution in [0.1, 0.15) is 5.56 Å². The number of rotatable bonds is 8. The van der Waals surface area contributed by atoms with E-state index in [4.69, 9.17) is 9.47 Å². The molecule has 2 rings (SSSR count). The average Bonchev–Trinajstić information content (AvgIpc) is 2.61. The molecule has 7 nitrogen and oxygen atoms in total. The molecule has 0 fully saturated rings. The summed E-state index contributed by atoms with van der Waals surface area (Å²) in [5, 5.41) is 2.61. The monoisotopic (exact) mass is 364 g/mol. The minimum Gasteiger partial charge on any atom is -0.497 e. The van der Waals surface area contributed by atoms with Crippen LogP contribution in [0.2, 0.25) is 0 Å². The minimum absolute atomic E-state index is 0.307. The van der Waals surface area contributed by atoms with Gasteiger partial charge in [0.05, 0.1) is 26.5 Å². The minimum atomic E-state index is -3.71. The number of benzene rings is 2. The molecule has 0 aliphatic rings. The Hall–Kier alpha value is -2.58. The van der Waals surface area contributed by atoms with Gasteiger partial charge in [-0.15, -0.1) is 0 Å². The van der Waals surface area contributed by atoms with Crippen molar-refractivity contribution in [3.63, 3.8) is 0 Å². The van der Waals surface area contributed by atoms with E-state index in [0.717, 1.165) is 0 Å². The number of hydrogen-bond acceptors (Lipinski definition) is 5. The van der Waals surface area contributed by atoms with E-state index >= 15 is 0 Å². The number of ether oxygens (including phenoxy) is 2. The molecular formula is C17H20N2O5S. The zero-order chi connectivity index (χ0) is 18.3. The van der Waals surface area contributed by atoms with Crippen molar-refractivity contribution in [1.82, 2.24) is 4.72 Å². The second-order valence-electron chi connectivity index (χ2n) is 5.17. The van der Waals surface area contributed by atoms with Gasteiger partial charge in [-0.1, -0.05) is 24.3 Å². The first-order valence-corrected chi connectivity index (χ1v) is 9.12. The van der Waals surface area contributed by atoms with E-state index in [1.165, 1.54) is 14.2 Å². The third-order valence-electron chi connectivity index (χ3n) is 3.35. The van der Waals surface area contributed by atoms with Gasteiger partial charge in [-0.05, 0) is 18.2 Å². The predicted molar refractivity (Wildman–Crippen MR) is 95.2 cm³/mol. The van der Waals surface area contributed by atoms with Crippen molar-refractivity contribution >= 4 is 21.6 Å². The van der Waals surface area contributed by atoms with E-state index < -0.39 is 15.9 Å². The van der Waals surface area contributed by atoms with E-state index in [0.29, 0.717) is 22.7 Å². The van der Waals surface area contributed by atoms with E-state index in [1.54, 1.807) is 42.5 Å². The molecule has 134 valence electrons. The number of para-hydroxylation sites is 1. The number of carbonyl (C=O) groups is 1. The zero-order valence-electron chi connectivity index (χ0n) is 14.0. The molecule has 25 heavy (non-hydrogen) atoms. The number of carbonyl (C=O) groups excluding carboxylic acids is 1. The van der Waals surface area contributed by atoms with Crippen LogP contribution in [0.15, 0.2) is 48.5 Å². The summed E-state index contributed by atoms with van der Waals surface area (Å²) in [4.78, 5) is 11.8. The second kappa shape index (κ2) is 8.50. The fourth-order valence-electron chi connectivity index (χ4n) is 2.13. The number of amides is 1. The van der Waals surface area contributed by atoms with Gasteiger partial charge in [0, 0.05) is 17.3 Å². The van der Waals surface area contributed by atoms with Crippen LogP contribution < -0.4 is 19.5 Å². The maximum Gasteiger partial charge on any atom is 0.239 e. The fourth-order valence-corrected chi connectivity index (χ4v) is 3.23. The lowest BCUT2D eigenvalue weighted by atomic mass is 10.2. The first-order valence-electron chi connectivity index (χ1n) is 7.46. The number of methoxy groups -OCH3 is 2. The third kappa shape index (κ3) is 5.77. The van der Waals surface area contributed by atoms with Crippen LogP contribution in [0.25, 0.3) is 0 Å². The van der Waals surface area contributed by atoms with Gasteiger partial charge in [0.25, 0.3) is 0 Å². The van der Waals surface area contributed by atoms with Gasteiger partial charge in [0.15, 0.2) is 0 Å². The molecule has 2 N–H and O–H groups in total. The lowest BCUT2D eigenvalue weighted by Crippen LogP contribution is -2.33. The summed E-state index contributed by atoms with van der Waals surface area (Å²) >= 11 is 0. The molecule has 2 aromatic carbocycles. The van der Waals surface area contributed by atoms with Crippen LogP contribution in [0.5, 0.6) is 11.5 Å². The van der Waals surface area contributed by atoms with Crippen LogP contribution in [0.4, 0.5) is 5.69 Å². The van der Waals surface area contributed by atoms with Crippen molar-refractivity contribution in [2.75, 3.05) is 26.1 Å². The molecule has 0 aliphatic carbocycles. The van der Waals surface area contributed by atoms with Gasteiger partial charge in [0.1, 0.15) is 11.5 Å². The maximum atomic E-state index is 12.2. The summed E-state index contributed by atoms with van der Waals surface area (Å²) in [5.41, 5.74) is 1.07. The molecule has 0 aliphatic heterocycles. The topological polar surface area (TPSA) is 93.7 Å². The van der Waals surface area contributed by atoms with Crippen molar-refractivity contribution in [3.8, 4) is 11.5 Å². The zero-order valence-corrected chi connectivity index (χ0v) is 14.8. The van der Waals surface area contributed by atoms with Crippen LogP contribution in [0, 0.1) is 0 Å². The first-order chi connectivity index (χ1) is 11.9. The Balaban J connectivity index is 1.96. The number of sulfonamides is 1. The Kier molecular flexibility index (Phi) is 6.37. The van der Waals surface area contributed by atoms with E-state index in [1.807, 2.05) is 6.07 Å². The van der Waals surface area contributed by atoms with Crippen molar-refractivity contribution in [2.45, 2.75) is 5.75 Å². The Morgan fingerprint density at radius 3 is 2.40 bits per heavy atom. The van der Waals surface area contributed by atoms with Crippen LogP contribution >= 0.6 is 0 Å². The highest BCUT2D eigenvalue weighted by Crippen LogP contribution is 2.25. The highest BCUT2D eigenvalue weighted by molar-refractivity contribution is 7.88. The summed E-state index contributed by atoms with van der Waals surface area (Å²) in [6.45, 7) is -0.351. The summed E-state index contributed by atoms with van der Waals surface area (Å²) in [7, 11) is -0.744. The highest BCUT2D eigenvalue weighted by Gasteiger charge is 2.17. The van der Waals surface area contributed by atoms with Crippen LogP contribution in [-0.4, -0.2) is 35.1 Å². The third-order valence-corrected chi connectivity index (χ3v) is 4.63. The second-order valence-corrected chi connectivity index (χ2v) is 6.98. The molecule has 0 bridgehead atoms. The summed E-state index contributed by atoms with van der Waals surface area (Å²) in [5.74, 6) is 0.210. The van der Waals surface area contributed by atoms with Crippen molar-refractivity contribution in [2.24, 2.45) is 0 Å². The van der Waals surface area contributed by atoms with E-state index in [-0.39, 0.29) is 12.3 Å². The molecular weight excluding hydrogens is 344 g/mol. The van der Waals surface area contributed by atoms with Gasteiger partial charge in [-0.25, -0.2) is 13.1 Å². The normalized spacial score (nSPS) is 11.0. The molecule has 0 atom stereocenters. The summed E-state index contributed by atoms with van der Waals surface area (Å²) < 4.78 is 37.0. The Bertz CT molecular complexity index is 822. The van der Waals surface area contributed by atoms with Crippen LogP contribution in [0.3, 0.4) is 0 Å². The molecule has 0 radical (unpaired) electrons. The van der Waals surface area contributed by atoms with Crippen molar-refractivity contribution in [3.05, 3.63) is 54.1 Å². The van der Waals surface area contributed by atoms with Gasteiger partial charge in [-0.3, -0.25) is 4.79 Å². The lowest BCUT2D eigenvalue weighted by Gasteiger charge is -2.11. The lowest BCUT2D eigenvalue weighted by molar-refractivity contribution is -0.115. The molecule has 0 heterocycles. The molecule has 0 aromatic heterocycles. The van der Waals surface area contributed by atoms with Gasteiger partial charge < -0.3 is 14.8 Å². The van der Waals surface area contributed by atoms with Crippen LogP contribution in [-0.2, 0) is 20.6 Å². The Morgan fingerprint density at radius 1 is 1.04 bits per heavy atom. The SMILES string of the molecule is COc1ccc(CS(=O)(=O)NCC(=O)Nc2ccccc2)c(OC)c1. The van der Waals surface area contributed by atoms with E-state index in [2.05, 4.69) is 10.0 Å². The first kappa shape index (κ1) is 18.8.